The molecule has 0 spiro atoms. The molecule has 0 radical (unpaired) electrons. The van der Waals surface area contributed by atoms with Gasteiger partial charge in [0, 0.05) is 6.54 Å². The van der Waals surface area contributed by atoms with Gasteiger partial charge in [0.15, 0.2) is 0 Å². The van der Waals surface area contributed by atoms with Gasteiger partial charge in [-0.3, -0.25) is 0 Å². The molecule has 0 aliphatic carbocycles. The molecule has 0 saturated carbocycles. The zero-order valence-corrected chi connectivity index (χ0v) is 8.85. The van der Waals surface area contributed by atoms with Crippen molar-refractivity contribution in [3.63, 3.8) is 0 Å². The summed E-state index contributed by atoms with van der Waals surface area (Å²) in [7, 11) is 1.73. The van der Waals surface area contributed by atoms with E-state index >= 15 is 0 Å². The molecule has 15 heavy (non-hydrogen) atoms. The van der Waals surface area contributed by atoms with E-state index in [0.29, 0.717) is 12.1 Å². The highest BCUT2D eigenvalue weighted by molar-refractivity contribution is 5.47. The topological polar surface area (TPSA) is 52.5 Å². The van der Waals surface area contributed by atoms with Crippen LogP contribution in [0.2, 0.25) is 0 Å². The van der Waals surface area contributed by atoms with E-state index in [1.807, 2.05) is 12.1 Å². The van der Waals surface area contributed by atoms with E-state index in [-0.39, 0.29) is 0 Å². The van der Waals surface area contributed by atoms with Crippen LogP contribution >= 0.6 is 0 Å². The minimum Gasteiger partial charge on any atom is -0.389 e. The third kappa shape index (κ3) is 3.16. The average Bonchev–Trinajstić information content (AvgIpc) is 2.28. The van der Waals surface area contributed by atoms with Gasteiger partial charge in [-0.15, -0.1) is 0 Å². The summed E-state index contributed by atoms with van der Waals surface area (Å²) in [6.07, 6.45) is 0.0982. The van der Waals surface area contributed by atoms with E-state index in [9.17, 15) is 10.2 Å². The molecule has 0 heterocycles. The van der Waals surface area contributed by atoms with E-state index < -0.39 is 12.2 Å². The predicted octanol–water partition coefficient (Wildman–Crippen LogP) is 0.943. The lowest BCUT2D eigenvalue weighted by atomic mass is 10.0. The fourth-order valence-electron chi connectivity index (χ4n) is 1.37. The third-order valence-electron chi connectivity index (χ3n) is 2.29. The Morgan fingerprint density at radius 1 is 1.33 bits per heavy atom. The van der Waals surface area contributed by atoms with Gasteiger partial charge in [0.05, 0.1) is 6.10 Å². The van der Waals surface area contributed by atoms with Gasteiger partial charge < -0.3 is 15.5 Å². The van der Waals surface area contributed by atoms with Crippen LogP contribution in [0.25, 0.3) is 6.08 Å². The Labute approximate surface area is 90.1 Å². The highest BCUT2D eigenvalue weighted by Gasteiger charge is 2.16. The molecule has 2 atom stereocenters. The lowest BCUT2D eigenvalue weighted by molar-refractivity contribution is 0.0202. The molecule has 1 rings (SSSR count). The molecule has 0 bridgehead atoms. The molecular weight excluding hydrogens is 190 g/mol. The minimum atomic E-state index is -0.851. The highest BCUT2D eigenvalue weighted by atomic mass is 16.3. The molecule has 0 aliphatic heterocycles. The van der Waals surface area contributed by atoms with E-state index in [2.05, 4.69) is 11.9 Å². The van der Waals surface area contributed by atoms with Gasteiger partial charge in [0.1, 0.15) is 6.10 Å². The number of hydrogen-bond donors (Lipinski definition) is 3. The molecule has 0 saturated heterocycles. The maximum atomic E-state index is 9.77. The molecule has 3 heteroatoms. The van der Waals surface area contributed by atoms with Gasteiger partial charge in [-0.25, -0.2) is 0 Å². The Bertz CT molecular complexity index is 308. The molecular formula is C12H17NO2. The smallest absolute Gasteiger partial charge is 0.106 e. The summed E-state index contributed by atoms with van der Waals surface area (Å²) in [6.45, 7) is 4.01. The maximum Gasteiger partial charge on any atom is 0.106 e. The third-order valence-corrected chi connectivity index (χ3v) is 2.29. The predicted molar refractivity (Wildman–Crippen MR) is 61.4 cm³/mol. The first-order chi connectivity index (χ1) is 7.19. The largest absolute Gasteiger partial charge is 0.389 e. The van der Waals surface area contributed by atoms with Crippen LogP contribution in [0.5, 0.6) is 0 Å². The van der Waals surface area contributed by atoms with Crippen molar-refractivity contribution in [2.75, 3.05) is 13.6 Å². The second-order valence-corrected chi connectivity index (χ2v) is 3.44. The van der Waals surface area contributed by atoms with Crippen molar-refractivity contribution in [3.05, 3.63) is 42.0 Å². The van der Waals surface area contributed by atoms with Crippen molar-refractivity contribution in [2.45, 2.75) is 12.2 Å². The summed E-state index contributed by atoms with van der Waals surface area (Å²) in [4.78, 5) is 0. The second-order valence-electron chi connectivity index (χ2n) is 3.44. The van der Waals surface area contributed by atoms with Gasteiger partial charge in [0.25, 0.3) is 0 Å². The molecule has 1 aromatic rings. The molecule has 82 valence electrons. The number of likely N-dealkylation sites (N-methyl/N-ethyl adjacent to an activating group) is 1. The van der Waals surface area contributed by atoms with E-state index in [1.165, 1.54) is 0 Å². The monoisotopic (exact) mass is 207 g/mol. The van der Waals surface area contributed by atoms with Crippen molar-refractivity contribution >= 4 is 6.08 Å². The highest BCUT2D eigenvalue weighted by Crippen LogP contribution is 2.17. The standard InChI is InChI=1S/C12H17NO2/c1-3-9-4-6-10(7-5-9)12(15)11(14)8-13-2/h3-7,11-15H,1,8H2,2H3. The Balaban J connectivity index is 2.73. The Kier molecular flexibility index (Phi) is 4.49. The number of rotatable bonds is 5. The van der Waals surface area contributed by atoms with Crippen molar-refractivity contribution in [1.82, 2.24) is 5.32 Å². The first kappa shape index (κ1) is 11.9. The average molecular weight is 207 g/mol. The molecule has 0 fully saturated rings. The van der Waals surface area contributed by atoms with Crippen LogP contribution in [-0.2, 0) is 0 Å². The molecule has 0 amide bonds. The van der Waals surface area contributed by atoms with E-state index in [4.69, 9.17) is 0 Å². The summed E-state index contributed by atoms with van der Waals surface area (Å²) >= 11 is 0. The van der Waals surface area contributed by atoms with Gasteiger partial charge in [-0.2, -0.15) is 0 Å². The van der Waals surface area contributed by atoms with Crippen LogP contribution in [0.3, 0.4) is 0 Å². The Morgan fingerprint density at radius 2 is 1.93 bits per heavy atom. The molecule has 3 N–H and O–H groups in total. The normalized spacial score (nSPS) is 14.6. The van der Waals surface area contributed by atoms with E-state index in [1.54, 1.807) is 25.3 Å². The van der Waals surface area contributed by atoms with Crippen molar-refractivity contribution in [2.24, 2.45) is 0 Å². The number of aliphatic hydroxyl groups is 2. The summed E-state index contributed by atoms with van der Waals surface area (Å²) in [5, 5.41) is 22.1. The zero-order chi connectivity index (χ0) is 11.3. The number of nitrogens with one attached hydrogen (secondary N) is 1. The van der Waals surface area contributed by atoms with Crippen molar-refractivity contribution in [1.29, 1.82) is 0 Å². The Morgan fingerprint density at radius 3 is 2.40 bits per heavy atom. The van der Waals surface area contributed by atoms with Crippen LogP contribution in [0.4, 0.5) is 0 Å². The number of benzene rings is 1. The number of aliphatic hydroxyl groups excluding tert-OH is 2. The van der Waals surface area contributed by atoms with Crippen molar-refractivity contribution < 1.29 is 10.2 Å². The summed E-state index contributed by atoms with van der Waals surface area (Å²) in [6, 6.07) is 7.30. The summed E-state index contributed by atoms with van der Waals surface area (Å²) < 4.78 is 0. The molecule has 0 aliphatic rings. The second kappa shape index (κ2) is 5.66. The molecule has 2 unspecified atom stereocenters. The maximum absolute atomic E-state index is 9.77. The fraction of sp³-hybridized carbons (Fsp3) is 0.333. The van der Waals surface area contributed by atoms with Gasteiger partial charge in [0.2, 0.25) is 0 Å². The van der Waals surface area contributed by atoms with Gasteiger partial charge in [-0.05, 0) is 18.2 Å². The summed E-state index contributed by atoms with van der Waals surface area (Å²) in [5.74, 6) is 0. The Hall–Kier alpha value is -1.16. The zero-order valence-electron chi connectivity index (χ0n) is 8.85. The van der Waals surface area contributed by atoms with Crippen LogP contribution in [0.15, 0.2) is 30.8 Å². The molecule has 3 nitrogen and oxygen atoms in total. The van der Waals surface area contributed by atoms with E-state index in [0.717, 1.165) is 5.56 Å². The molecule has 0 aromatic heterocycles. The number of hydrogen-bond acceptors (Lipinski definition) is 3. The minimum absolute atomic E-state index is 0.365. The first-order valence-corrected chi connectivity index (χ1v) is 4.92. The van der Waals surface area contributed by atoms with Crippen LogP contribution in [0.1, 0.15) is 17.2 Å². The van der Waals surface area contributed by atoms with Gasteiger partial charge >= 0.3 is 0 Å². The quantitative estimate of drug-likeness (QED) is 0.673. The van der Waals surface area contributed by atoms with Crippen molar-refractivity contribution in [3.8, 4) is 0 Å². The molecule has 1 aromatic carbocycles. The first-order valence-electron chi connectivity index (χ1n) is 4.92. The lowest BCUT2D eigenvalue weighted by Gasteiger charge is -2.17. The fourth-order valence-corrected chi connectivity index (χ4v) is 1.37. The summed E-state index contributed by atoms with van der Waals surface area (Å²) in [5.41, 5.74) is 1.71. The van der Waals surface area contributed by atoms with Crippen LogP contribution in [-0.4, -0.2) is 29.9 Å². The van der Waals surface area contributed by atoms with Crippen LogP contribution < -0.4 is 5.32 Å². The SMILES string of the molecule is C=Cc1ccc(C(O)C(O)CNC)cc1. The van der Waals surface area contributed by atoms with Crippen LogP contribution in [0, 0.1) is 0 Å². The van der Waals surface area contributed by atoms with Gasteiger partial charge in [-0.1, -0.05) is 36.9 Å². The lowest BCUT2D eigenvalue weighted by Crippen LogP contribution is -2.29.